The van der Waals surface area contributed by atoms with Crippen molar-refractivity contribution >= 4 is 11.6 Å². The number of carbonyl (C=O) groups is 1. The van der Waals surface area contributed by atoms with Gasteiger partial charge in [-0.1, -0.05) is 19.1 Å². The molecule has 1 aliphatic carbocycles. The van der Waals surface area contributed by atoms with E-state index in [2.05, 4.69) is 19.1 Å². The van der Waals surface area contributed by atoms with Gasteiger partial charge in [0.2, 0.25) is 0 Å². The summed E-state index contributed by atoms with van der Waals surface area (Å²) in [6, 6.07) is 14.1. The van der Waals surface area contributed by atoms with Crippen LogP contribution in [-0.2, 0) is 11.2 Å². The SMILES string of the molecule is CCc1cc(N2CC[C@H](Oc3ccc(C4CC4)cc3)C2=O)ccc1OCCN. The predicted molar refractivity (Wildman–Crippen MR) is 110 cm³/mol. The zero-order valence-electron chi connectivity index (χ0n) is 16.4. The topological polar surface area (TPSA) is 64.8 Å². The van der Waals surface area contributed by atoms with Gasteiger partial charge in [0.05, 0.1) is 0 Å². The van der Waals surface area contributed by atoms with Crippen LogP contribution in [0.2, 0.25) is 0 Å². The van der Waals surface area contributed by atoms with E-state index in [1.807, 2.05) is 35.2 Å². The van der Waals surface area contributed by atoms with Gasteiger partial charge in [-0.3, -0.25) is 4.79 Å². The number of anilines is 1. The van der Waals surface area contributed by atoms with Gasteiger partial charge in [0, 0.05) is 25.2 Å². The third-order valence-corrected chi connectivity index (χ3v) is 5.48. The molecular weight excluding hydrogens is 352 g/mol. The number of rotatable bonds is 8. The Labute approximate surface area is 166 Å². The lowest BCUT2D eigenvalue weighted by Gasteiger charge is -2.19. The zero-order chi connectivity index (χ0) is 19.5. The van der Waals surface area contributed by atoms with E-state index in [-0.39, 0.29) is 5.91 Å². The molecule has 0 spiro atoms. The highest BCUT2D eigenvalue weighted by molar-refractivity contribution is 5.99. The maximum atomic E-state index is 12.9. The minimum Gasteiger partial charge on any atom is -0.492 e. The van der Waals surface area contributed by atoms with Crippen LogP contribution in [0.4, 0.5) is 5.69 Å². The number of nitrogens with zero attached hydrogens (tertiary/aromatic N) is 1. The normalized spacial score (nSPS) is 19.1. The van der Waals surface area contributed by atoms with Crippen molar-refractivity contribution in [3.63, 3.8) is 0 Å². The summed E-state index contributed by atoms with van der Waals surface area (Å²) >= 11 is 0. The molecule has 1 saturated carbocycles. The number of hydrogen-bond acceptors (Lipinski definition) is 4. The van der Waals surface area contributed by atoms with E-state index in [0.29, 0.717) is 26.1 Å². The van der Waals surface area contributed by atoms with Gasteiger partial charge in [-0.2, -0.15) is 0 Å². The Kier molecular flexibility index (Phi) is 5.53. The van der Waals surface area contributed by atoms with Gasteiger partial charge in [0.1, 0.15) is 18.1 Å². The molecule has 4 rings (SSSR count). The van der Waals surface area contributed by atoms with Gasteiger partial charge in [-0.25, -0.2) is 0 Å². The maximum absolute atomic E-state index is 12.9. The Balaban J connectivity index is 1.43. The second-order valence-corrected chi connectivity index (χ2v) is 7.51. The second-order valence-electron chi connectivity index (χ2n) is 7.51. The summed E-state index contributed by atoms with van der Waals surface area (Å²) in [7, 11) is 0. The van der Waals surface area contributed by atoms with Crippen LogP contribution in [0.25, 0.3) is 0 Å². The Morgan fingerprint density at radius 1 is 1.11 bits per heavy atom. The predicted octanol–water partition coefficient (Wildman–Crippen LogP) is 3.65. The average Bonchev–Trinajstić information content (AvgIpc) is 3.51. The molecule has 148 valence electrons. The first-order valence-corrected chi connectivity index (χ1v) is 10.2. The molecule has 2 N–H and O–H groups in total. The van der Waals surface area contributed by atoms with Crippen LogP contribution >= 0.6 is 0 Å². The van der Waals surface area contributed by atoms with Crippen molar-refractivity contribution in [2.75, 3.05) is 24.6 Å². The smallest absolute Gasteiger partial charge is 0.268 e. The number of ether oxygens (including phenoxy) is 2. The van der Waals surface area contributed by atoms with Crippen LogP contribution in [0.1, 0.15) is 43.2 Å². The standard InChI is InChI=1S/C23H28N2O3/c1-2-16-15-19(7-10-21(16)27-14-12-24)25-13-11-22(23(25)26)28-20-8-5-18(6-9-20)17-3-4-17/h5-10,15,17,22H,2-4,11-14,24H2,1H3/t22-/m0/s1. The molecule has 0 unspecified atom stereocenters. The quantitative estimate of drug-likeness (QED) is 0.759. The van der Waals surface area contributed by atoms with Gasteiger partial charge in [0.25, 0.3) is 5.91 Å². The summed E-state index contributed by atoms with van der Waals surface area (Å²) in [6.45, 7) is 3.72. The van der Waals surface area contributed by atoms with E-state index in [9.17, 15) is 4.79 Å². The Hall–Kier alpha value is -2.53. The fourth-order valence-electron chi connectivity index (χ4n) is 3.74. The molecule has 2 fully saturated rings. The van der Waals surface area contributed by atoms with Gasteiger partial charge in [-0.15, -0.1) is 0 Å². The molecule has 5 heteroatoms. The first-order chi connectivity index (χ1) is 13.7. The van der Waals surface area contributed by atoms with Crippen molar-refractivity contribution in [2.45, 2.75) is 44.6 Å². The van der Waals surface area contributed by atoms with E-state index in [1.165, 1.54) is 18.4 Å². The molecule has 5 nitrogen and oxygen atoms in total. The summed E-state index contributed by atoms with van der Waals surface area (Å²) in [5.41, 5.74) is 8.88. The van der Waals surface area contributed by atoms with Crippen molar-refractivity contribution in [3.05, 3.63) is 53.6 Å². The number of nitrogens with two attached hydrogens (primary N) is 1. The van der Waals surface area contributed by atoms with E-state index >= 15 is 0 Å². The minimum absolute atomic E-state index is 0.0175. The van der Waals surface area contributed by atoms with Gasteiger partial charge < -0.3 is 20.1 Å². The summed E-state index contributed by atoms with van der Waals surface area (Å²) in [5, 5.41) is 0. The minimum atomic E-state index is -0.426. The fraction of sp³-hybridized carbons (Fsp3) is 0.435. The van der Waals surface area contributed by atoms with E-state index in [1.54, 1.807) is 0 Å². The third kappa shape index (κ3) is 3.99. The molecule has 1 heterocycles. The van der Waals surface area contributed by atoms with Gasteiger partial charge >= 0.3 is 0 Å². The monoisotopic (exact) mass is 380 g/mol. The first-order valence-electron chi connectivity index (χ1n) is 10.2. The number of aryl methyl sites for hydroxylation is 1. The summed E-state index contributed by atoms with van der Waals surface area (Å²) in [6.07, 6.45) is 3.67. The third-order valence-electron chi connectivity index (χ3n) is 5.48. The van der Waals surface area contributed by atoms with Crippen LogP contribution in [-0.4, -0.2) is 31.7 Å². The van der Waals surface area contributed by atoms with Gasteiger partial charge in [0.15, 0.2) is 6.10 Å². The molecule has 2 aliphatic rings. The van der Waals surface area contributed by atoms with Crippen LogP contribution < -0.4 is 20.1 Å². The van der Waals surface area contributed by atoms with Crippen molar-refractivity contribution in [3.8, 4) is 11.5 Å². The number of benzene rings is 2. The molecule has 28 heavy (non-hydrogen) atoms. The average molecular weight is 380 g/mol. The Bertz CT molecular complexity index is 830. The summed E-state index contributed by atoms with van der Waals surface area (Å²) in [5.74, 6) is 2.35. The van der Waals surface area contributed by atoms with E-state index in [0.717, 1.165) is 35.1 Å². The van der Waals surface area contributed by atoms with Crippen molar-refractivity contribution < 1.29 is 14.3 Å². The maximum Gasteiger partial charge on any atom is 0.268 e. The van der Waals surface area contributed by atoms with Gasteiger partial charge in [-0.05, 0) is 66.6 Å². The summed E-state index contributed by atoms with van der Waals surface area (Å²) < 4.78 is 11.7. The molecule has 0 radical (unpaired) electrons. The van der Waals surface area contributed by atoms with Crippen LogP contribution in [0, 0.1) is 0 Å². The van der Waals surface area contributed by atoms with E-state index < -0.39 is 6.10 Å². The Morgan fingerprint density at radius 2 is 1.89 bits per heavy atom. The van der Waals surface area contributed by atoms with Crippen LogP contribution in [0.3, 0.4) is 0 Å². The molecule has 1 saturated heterocycles. The lowest BCUT2D eigenvalue weighted by Crippen LogP contribution is -2.32. The molecule has 2 aromatic carbocycles. The lowest BCUT2D eigenvalue weighted by atomic mass is 10.1. The van der Waals surface area contributed by atoms with E-state index in [4.69, 9.17) is 15.2 Å². The van der Waals surface area contributed by atoms with Crippen LogP contribution in [0.15, 0.2) is 42.5 Å². The highest BCUT2D eigenvalue weighted by Gasteiger charge is 2.34. The lowest BCUT2D eigenvalue weighted by molar-refractivity contribution is -0.122. The molecular formula is C23H28N2O3. The number of amides is 1. The Morgan fingerprint density at radius 3 is 2.57 bits per heavy atom. The molecule has 1 atom stereocenters. The van der Waals surface area contributed by atoms with Crippen molar-refractivity contribution in [1.82, 2.24) is 0 Å². The molecule has 1 aliphatic heterocycles. The van der Waals surface area contributed by atoms with Crippen molar-refractivity contribution in [1.29, 1.82) is 0 Å². The summed E-state index contributed by atoms with van der Waals surface area (Å²) in [4.78, 5) is 14.7. The number of carbonyl (C=O) groups excluding carboxylic acids is 1. The first kappa shape index (κ1) is 18.8. The second kappa shape index (κ2) is 8.23. The zero-order valence-corrected chi connectivity index (χ0v) is 16.4. The highest BCUT2D eigenvalue weighted by Crippen LogP contribution is 2.40. The number of hydrogen-bond donors (Lipinski definition) is 1. The molecule has 1 amide bonds. The molecule has 2 aromatic rings. The fourth-order valence-corrected chi connectivity index (χ4v) is 3.74. The largest absolute Gasteiger partial charge is 0.492 e. The van der Waals surface area contributed by atoms with Crippen molar-refractivity contribution in [2.24, 2.45) is 5.73 Å². The molecule has 0 aromatic heterocycles. The highest BCUT2D eigenvalue weighted by atomic mass is 16.5. The van der Waals surface area contributed by atoms with Crippen LogP contribution in [0.5, 0.6) is 11.5 Å². The molecule has 0 bridgehead atoms.